The molecule has 86 valence electrons. The van der Waals surface area contributed by atoms with Crippen molar-refractivity contribution < 1.29 is 9.46 Å². The van der Waals surface area contributed by atoms with Crippen LogP contribution in [-0.4, -0.2) is 22.9 Å². The molecule has 3 atom stereocenters. The maximum atomic E-state index is 11.7. The third-order valence-corrected chi connectivity index (χ3v) is 3.95. The number of rotatable bonds is 4. The second kappa shape index (κ2) is 4.78. The predicted molar refractivity (Wildman–Crippen MR) is 61.9 cm³/mol. The van der Waals surface area contributed by atoms with Crippen molar-refractivity contribution in [3.63, 3.8) is 0 Å². The Morgan fingerprint density at radius 3 is 2.07 bits per heavy atom. The number of hydrogen-bond donors (Lipinski definition) is 2. The van der Waals surface area contributed by atoms with Crippen molar-refractivity contribution in [2.75, 3.05) is 6.66 Å². The lowest BCUT2D eigenvalue weighted by Gasteiger charge is -2.33. The molecule has 0 heterocycles. The minimum absolute atomic E-state index is 0.123. The summed E-state index contributed by atoms with van der Waals surface area (Å²) in [4.78, 5) is 9.64. The molecular formula is C10H24NO2P. The van der Waals surface area contributed by atoms with Crippen molar-refractivity contribution in [3.05, 3.63) is 0 Å². The number of hydrogen-bond acceptors (Lipinski definition) is 2. The average molecular weight is 221 g/mol. The summed E-state index contributed by atoms with van der Waals surface area (Å²) in [6.07, 6.45) is 0.909. The summed E-state index contributed by atoms with van der Waals surface area (Å²) in [7, 11) is -3.06. The van der Waals surface area contributed by atoms with E-state index >= 15 is 0 Å². The monoisotopic (exact) mass is 221 g/mol. The standard InChI is InChI=1S/C10H24NO2P/c1-7-8(2)9(14(6,12)13)11-10(3,4)5/h8-9,11H,7H2,1-6H3,(H,12,13). The van der Waals surface area contributed by atoms with E-state index in [0.29, 0.717) is 0 Å². The van der Waals surface area contributed by atoms with Crippen molar-refractivity contribution in [2.45, 2.75) is 52.4 Å². The molecular weight excluding hydrogens is 197 g/mol. The zero-order valence-electron chi connectivity index (χ0n) is 10.2. The number of nitrogens with one attached hydrogen (secondary N) is 1. The van der Waals surface area contributed by atoms with Crippen LogP contribution in [-0.2, 0) is 4.57 Å². The van der Waals surface area contributed by atoms with Gasteiger partial charge in [-0.05, 0) is 26.7 Å². The van der Waals surface area contributed by atoms with Gasteiger partial charge in [-0.3, -0.25) is 4.57 Å². The molecule has 0 saturated carbocycles. The summed E-state index contributed by atoms with van der Waals surface area (Å²) in [5.74, 6) is -0.0810. The Kier molecular flexibility index (Phi) is 4.83. The molecule has 0 saturated heterocycles. The van der Waals surface area contributed by atoms with Gasteiger partial charge in [-0.15, -0.1) is 0 Å². The van der Waals surface area contributed by atoms with Crippen LogP contribution in [0, 0.1) is 5.92 Å². The maximum Gasteiger partial charge on any atom is 0.214 e. The molecule has 0 radical (unpaired) electrons. The van der Waals surface area contributed by atoms with Crippen molar-refractivity contribution in [1.82, 2.24) is 5.32 Å². The van der Waals surface area contributed by atoms with E-state index in [1.807, 2.05) is 34.6 Å². The van der Waals surface area contributed by atoms with Gasteiger partial charge >= 0.3 is 0 Å². The highest BCUT2D eigenvalue weighted by molar-refractivity contribution is 7.57. The minimum Gasteiger partial charge on any atom is -0.343 e. The minimum atomic E-state index is -3.06. The van der Waals surface area contributed by atoms with Crippen LogP contribution >= 0.6 is 7.37 Å². The van der Waals surface area contributed by atoms with E-state index in [4.69, 9.17) is 0 Å². The smallest absolute Gasteiger partial charge is 0.214 e. The Morgan fingerprint density at radius 2 is 1.86 bits per heavy atom. The molecule has 0 bridgehead atoms. The highest BCUT2D eigenvalue weighted by Crippen LogP contribution is 2.45. The fraction of sp³-hybridized carbons (Fsp3) is 1.00. The highest BCUT2D eigenvalue weighted by Gasteiger charge is 2.32. The van der Waals surface area contributed by atoms with Gasteiger partial charge in [0.1, 0.15) is 0 Å². The molecule has 0 spiro atoms. The van der Waals surface area contributed by atoms with E-state index in [1.165, 1.54) is 6.66 Å². The average Bonchev–Trinajstić information content (AvgIpc) is 1.95. The summed E-state index contributed by atoms with van der Waals surface area (Å²) in [5.41, 5.74) is -0.123. The normalized spacial score (nSPS) is 21.4. The molecule has 0 rings (SSSR count). The predicted octanol–water partition coefficient (Wildman–Crippen LogP) is 2.65. The van der Waals surface area contributed by atoms with Gasteiger partial charge in [0.15, 0.2) is 0 Å². The van der Waals surface area contributed by atoms with Gasteiger partial charge in [-0.2, -0.15) is 0 Å². The molecule has 0 aliphatic heterocycles. The summed E-state index contributed by atoms with van der Waals surface area (Å²) in [5, 5.41) is 3.23. The fourth-order valence-corrected chi connectivity index (χ4v) is 3.18. The first kappa shape index (κ1) is 14.2. The van der Waals surface area contributed by atoms with E-state index in [9.17, 15) is 9.46 Å². The molecule has 0 amide bonds. The summed E-state index contributed by atoms with van der Waals surface area (Å²) in [6.45, 7) is 11.5. The zero-order chi connectivity index (χ0) is 11.6. The van der Waals surface area contributed by atoms with Crippen molar-refractivity contribution in [3.8, 4) is 0 Å². The Hall–Kier alpha value is 0.150. The Morgan fingerprint density at radius 1 is 1.43 bits per heavy atom. The van der Waals surface area contributed by atoms with E-state index < -0.39 is 7.37 Å². The Bertz CT molecular complexity index is 217. The largest absolute Gasteiger partial charge is 0.343 e. The van der Waals surface area contributed by atoms with Gasteiger partial charge in [0.05, 0.1) is 5.78 Å². The summed E-state index contributed by atoms with van der Waals surface area (Å²) < 4.78 is 11.7. The van der Waals surface area contributed by atoms with Gasteiger partial charge in [-0.1, -0.05) is 20.3 Å². The molecule has 3 nitrogen and oxygen atoms in total. The molecule has 2 N–H and O–H groups in total. The second-order valence-corrected chi connectivity index (χ2v) is 7.61. The molecule has 0 aromatic heterocycles. The first-order valence-electron chi connectivity index (χ1n) is 5.15. The second-order valence-electron chi connectivity index (χ2n) is 5.17. The topological polar surface area (TPSA) is 49.3 Å². The van der Waals surface area contributed by atoms with Crippen LogP contribution in [0.25, 0.3) is 0 Å². The third-order valence-electron chi connectivity index (χ3n) is 2.28. The van der Waals surface area contributed by atoms with Crippen LogP contribution in [0.3, 0.4) is 0 Å². The van der Waals surface area contributed by atoms with Gasteiger partial charge in [-0.25, -0.2) is 0 Å². The molecule has 14 heavy (non-hydrogen) atoms. The van der Waals surface area contributed by atoms with Crippen LogP contribution in [0.2, 0.25) is 0 Å². The SMILES string of the molecule is CCC(C)C(NC(C)(C)C)P(C)(=O)O. The molecule has 0 aromatic rings. The van der Waals surface area contributed by atoms with Crippen molar-refractivity contribution >= 4 is 7.37 Å². The molecule has 0 aromatic carbocycles. The van der Waals surface area contributed by atoms with E-state index in [0.717, 1.165) is 6.42 Å². The highest BCUT2D eigenvalue weighted by atomic mass is 31.2. The van der Waals surface area contributed by atoms with Crippen LogP contribution in [0.1, 0.15) is 41.0 Å². The van der Waals surface area contributed by atoms with Crippen LogP contribution in [0.4, 0.5) is 0 Å². The third kappa shape index (κ3) is 5.14. The van der Waals surface area contributed by atoms with Crippen LogP contribution in [0.15, 0.2) is 0 Å². The van der Waals surface area contributed by atoms with Gasteiger partial charge in [0, 0.05) is 12.2 Å². The van der Waals surface area contributed by atoms with Gasteiger partial charge < -0.3 is 10.2 Å². The van der Waals surface area contributed by atoms with Gasteiger partial charge in [0.2, 0.25) is 7.37 Å². The molecule has 0 fully saturated rings. The first-order valence-corrected chi connectivity index (χ1v) is 7.33. The summed E-state index contributed by atoms with van der Waals surface area (Å²) >= 11 is 0. The Balaban J connectivity index is 4.67. The van der Waals surface area contributed by atoms with E-state index in [-0.39, 0.29) is 17.2 Å². The lowest BCUT2D eigenvalue weighted by molar-refractivity contribution is 0.322. The molecule has 0 aliphatic carbocycles. The fourth-order valence-electron chi connectivity index (χ4n) is 1.40. The Labute approximate surface area is 87.7 Å². The quantitative estimate of drug-likeness (QED) is 0.717. The lowest BCUT2D eigenvalue weighted by atomic mass is 10.0. The van der Waals surface area contributed by atoms with E-state index in [1.54, 1.807) is 0 Å². The maximum absolute atomic E-state index is 11.7. The molecule has 0 aliphatic rings. The van der Waals surface area contributed by atoms with Crippen LogP contribution < -0.4 is 5.32 Å². The summed E-state index contributed by atoms with van der Waals surface area (Å²) in [6, 6.07) is 0. The zero-order valence-corrected chi connectivity index (χ0v) is 11.1. The van der Waals surface area contributed by atoms with E-state index in [2.05, 4.69) is 5.32 Å². The van der Waals surface area contributed by atoms with Crippen LogP contribution in [0.5, 0.6) is 0 Å². The molecule has 3 unspecified atom stereocenters. The molecule has 4 heteroatoms. The van der Waals surface area contributed by atoms with Gasteiger partial charge in [0.25, 0.3) is 0 Å². The first-order chi connectivity index (χ1) is 6.08. The van der Waals surface area contributed by atoms with Crippen molar-refractivity contribution in [2.24, 2.45) is 5.92 Å². The van der Waals surface area contributed by atoms with Crippen molar-refractivity contribution in [1.29, 1.82) is 0 Å². The lowest BCUT2D eigenvalue weighted by Crippen LogP contribution is -2.46.